The third-order valence-corrected chi connectivity index (χ3v) is 4.76. The van der Waals surface area contributed by atoms with Crippen molar-refractivity contribution in [3.05, 3.63) is 24.5 Å². The van der Waals surface area contributed by atoms with Crippen molar-refractivity contribution in [1.29, 1.82) is 0 Å². The van der Waals surface area contributed by atoms with E-state index in [0.29, 0.717) is 0 Å². The van der Waals surface area contributed by atoms with Crippen LogP contribution in [-0.2, 0) is 23.7 Å². The number of aliphatic hydroxyl groups is 5. The Bertz CT molecular complexity index is 548. The van der Waals surface area contributed by atoms with Crippen molar-refractivity contribution in [3.8, 4) is 0 Å². The fourth-order valence-corrected chi connectivity index (χ4v) is 3.23. The average molecular weight is 390 g/mol. The third-order valence-electron chi connectivity index (χ3n) is 4.76. The molecule has 0 aromatic carbocycles. The standard InChI is InChI=1S/C17H26O10/c1-3-8-9(4-5-18)10(15(23)24-2)7-25-16(8)27-17-14(22)13(21)12(20)11(6-19)26-17/h3,7-9,11-14,16-22H,1,4-6H2,2H3/t8-,9+,11+,12+,13-,14-,16+,17-/m0/s1. The largest absolute Gasteiger partial charge is 0.471 e. The van der Waals surface area contributed by atoms with E-state index in [0.717, 1.165) is 6.26 Å². The minimum Gasteiger partial charge on any atom is -0.471 e. The summed E-state index contributed by atoms with van der Waals surface area (Å²) in [6, 6.07) is 0. The van der Waals surface area contributed by atoms with Crippen molar-refractivity contribution in [2.24, 2.45) is 11.8 Å². The Labute approximate surface area is 156 Å². The molecule has 8 atom stereocenters. The zero-order valence-corrected chi connectivity index (χ0v) is 14.9. The van der Waals surface area contributed by atoms with Gasteiger partial charge in [-0.1, -0.05) is 6.08 Å². The Morgan fingerprint density at radius 1 is 1.22 bits per heavy atom. The van der Waals surface area contributed by atoms with E-state index in [1.54, 1.807) is 0 Å². The fraction of sp³-hybridized carbons (Fsp3) is 0.706. The highest BCUT2D eigenvalue weighted by Gasteiger charge is 2.47. The molecule has 2 aliphatic heterocycles. The van der Waals surface area contributed by atoms with Gasteiger partial charge >= 0.3 is 5.97 Å². The second-order valence-electron chi connectivity index (χ2n) is 6.33. The maximum absolute atomic E-state index is 11.9. The Morgan fingerprint density at radius 3 is 2.48 bits per heavy atom. The van der Waals surface area contributed by atoms with Crippen LogP contribution in [0.25, 0.3) is 0 Å². The topological polar surface area (TPSA) is 155 Å². The average Bonchev–Trinajstić information content (AvgIpc) is 2.68. The maximum Gasteiger partial charge on any atom is 0.337 e. The number of aliphatic hydroxyl groups excluding tert-OH is 5. The van der Waals surface area contributed by atoms with Crippen LogP contribution >= 0.6 is 0 Å². The molecule has 0 radical (unpaired) electrons. The van der Waals surface area contributed by atoms with E-state index in [1.165, 1.54) is 13.2 Å². The molecule has 1 fully saturated rings. The van der Waals surface area contributed by atoms with Crippen LogP contribution in [0, 0.1) is 11.8 Å². The minimum atomic E-state index is -1.60. The highest BCUT2D eigenvalue weighted by Crippen LogP contribution is 2.36. The second kappa shape index (κ2) is 9.60. The van der Waals surface area contributed by atoms with Gasteiger partial charge in [0.2, 0.25) is 6.29 Å². The molecule has 0 aliphatic carbocycles. The van der Waals surface area contributed by atoms with Crippen LogP contribution in [0.1, 0.15) is 6.42 Å². The summed E-state index contributed by atoms with van der Waals surface area (Å²) < 4.78 is 21.1. The molecule has 2 heterocycles. The second-order valence-corrected chi connectivity index (χ2v) is 6.33. The smallest absolute Gasteiger partial charge is 0.337 e. The zero-order valence-electron chi connectivity index (χ0n) is 14.9. The van der Waals surface area contributed by atoms with E-state index in [1.807, 2.05) is 0 Å². The molecule has 1 saturated heterocycles. The van der Waals surface area contributed by atoms with Gasteiger partial charge in [-0.15, -0.1) is 6.58 Å². The van der Waals surface area contributed by atoms with Gasteiger partial charge in [0, 0.05) is 18.4 Å². The summed E-state index contributed by atoms with van der Waals surface area (Å²) in [6.07, 6.45) is -5.47. The number of ether oxygens (including phenoxy) is 4. The summed E-state index contributed by atoms with van der Waals surface area (Å²) >= 11 is 0. The predicted molar refractivity (Wildman–Crippen MR) is 88.7 cm³/mol. The molecule has 0 spiro atoms. The lowest BCUT2D eigenvalue weighted by atomic mass is 9.82. The molecule has 0 unspecified atom stereocenters. The summed E-state index contributed by atoms with van der Waals surface area (Å²) in [6.45, 7) is 2.89. The van der Waals surface area contributed by atoms with Gasteiger partial charge in [0.05, 0.1) is 25.6 Å². The van der Waals surface area contributed by atoms with Gasteiger partial charge in [-0.05, 0) is 6.42 Å². The van der Waals surface area contributed by atoms with E-state index in [4.69, 9.17) is 18.9 Å². The van der Waals surface area contributed by atoms with Gasteiger partial charge in [-0.3, -0.25) is 0 Å². The van der Waals surface area contributed by atoms with Crippen molar-refractivity contribution in [1.82, 2.24) is 0 Å². The molecule has 2 rings (SSSR count). The predicted octanol–water partition coefficient (Wildman–Crippen LogP) is -1.98. The molecule has 0 aromatic heterocycles. The summed E-state index contributed by atoms with van der Waals surface area (Å²) in [5.41, 5.74) is 0.199. The monoisotopic (exact) mass is 390 g/mol. The number of methoxy groups -OCH3 is 1. The van der Waals surface area contributed by atoms with Crippen LogP contribution in [0.5, 0.6) is 0 Å². The molecule has 154 valence electrons. The molecule has 2 aliphatic rings. The third kappa shape index (κ3) is 4.49. The molecule has 0 aromatic rings. The molecule has 10 nitrogen and oxygen atoms in total. The van der Waals surface area contributed by atoms with Crippen molar-refractivity contribution in [2.75, 3.05) is 20.3 Å². The van der Waals surface area contributed by atoms with Gasteiger partial charge in [-0.25, -0.2) is 4.79 Å². The number of hydrogen-bond donors (Lipinski definition) is 5. The first-order valence-electron chi connectivity index (χ1n) is 8.52. The highest BCUT2D eigenvalue weighted by atomic mass is 16.8. The van der Waals surface area contributed by atoms with Gasteiger partial charge in [-0.2, -0.15) is 0 Å². The maximum atomic E-state index is 11.9. The van der Waals surface area contributed by atoms with E-state index >= 15 is 0 Å². The number of hydrogen-bond acceptors (Lipinski definition) is 10. The molecule has 0 saturated carbocycles. The van der Waals surface area contributed by atoms with Gasteiger partial charge in [0.25, 0.3) is 0 Å². The van der Waals surface area contributed by atoms with Crippen molar-refractivity contribution in [2.45, 2.75) is 43.4 Å². The first-order valence-corrected chi connectivity index (χ1v) is 8.52. The first-order chi connectivity index (χ1) is 12.9. The van der Waals surface area contributed by atoms with Crippen LogP contribution in [0.15, 0.2) is 24.5 Å². The van der Waals surface area contributed by atoms with Crippen molar-refractivity contribution in [3.63, 3.8) is 0 Å². The zero-order chi connectivity index (χ0) is 20.1. The van der Waals surface area contributed by atoms with E-state index < -0.39 is 61.4 Å². The van der Waals surface area contributed by atoms with Gasteiger partial charge in [0.15, 0.2) is 6.29 Å². The number of carbonyl (C=O) groups is 1. The Hall–Kier alpha value is -1.53. The molecule has 27 heavy (non-hydrogen) atoms. The molecule has 0 amide bonds. The molecular formula is C17H26O10. The Kier molecular flexibility index (Phi) is 7.74. The van der Waals surface area contributed by atoms with Crippen molar-refractivity contribution >= 4 is 5.97 Å². The molecule has 10 heteroatoms. The normalized spacial score (nSPS) is 39.3. The van der Waals surface area contributed by atoms with E-state index in [9.17, 15) is 30.3 Å². The lowest BCUT2D eigenvalue weighted by Crippen LogP contribution is -2.60. The van der Waals surface area contributed by atoms with Gasteiger partial charge in [0.1, 0.15) is 24.4 Å². The SMILES string of the molecule is C=C[C@@H]1[C@@H](O[C@@H]2O[C@H](CO)[C@@H](O)[C@H](O)[C@@H]2O)OC=C(C(=O)OC)[C@@H]1CCO. The summed E-state index contributed by atoms with van der Waals surface area (Å²) in [7, 11) is 1.22. The number of esters is 1. The van der Waals surface area contributed by atoms with Gasteiger partial charge < -0.3 is 44.5 Å². The summed E-state index contributed by atoms with van der Waals surface area (Å²) in [5.74, 6) is -1.75. The lowest BCUT2D eigenvalue weighted by Gasteiger charge is -2.43. The highest BCUT2D eigenvalue weighted by molar-refractivity contribution is 5.88. The number of rotatable bonds is 7. The Balaban J connectivity index is 2.20. The minimum absolute atomic E-state index is 0.199. The van der Waals surface area contributed by atoms with Crippen LogP contribution in [0.2, 0.25) is 0 Å². The van der Waals surface area contributed by atoms with E-state index in [-0.39, 0.29) is 18.6 Å². The van der Waals surface area contributed by atoms with Crippen LogP contribution in [0.4, 0.5) is 0 Å². The molecular weight excluding hydrogens is 364 g/mol. The fourth-order valence-electron chi connectivity index (χ4n) is 3.23. The van der Waals surface area contributed by atoms with Crippen LogP contribution in [-0.4, -0.2) is 88.8 Å². The molecule has 0 bridgehead atoms. The van der Waals surface area contributed by atoms with E-state index in [2.05, 4.69) is 6.58 Å². The van der Waals surface area contributed by atoms with Crippen LogP contribution < -0.4 is 0 Å². The lowest BCUT2D eigenvalue weighted by molar-refractivity contribution is -0.339. The quantitative estimate of drug-likeness (QED) is 0.244. The summed E-state index contributed by atoms with van der Waals surface area (Å²) in [4.78, 5) is 11.9. The Morgan fingerprint density at radius 2 is 1.93 bits per heavy atom. The van der Waals surface area contributed by atoms with Crippen molar-refractivity contribution < 1.29 is 49.3 Å². The molecule has 5 N–H and O–H groups in total. The number of carbonyl (C=O) groups excluding carboxylic acids is 1. The van der Waals surface area contributed by atoms with Crippen LogP contribution in [0.3, 0.4) is 0 Å². The summed E-state index contributed by atoms with van der Waals surface area (Å²) in [5, 5.41) is 48.4. The first kappa shape index (κ1) is 21.8.